The van der Waals surface area contributed by atoms with Gasteiger partial charge in [0.25, 0.3) is 0 Å². The first-order valence-electron chi connectivity index (χ1n) is 7.50. The van der Waals surface area contributed by atoms with E-state index in [1.807, 2.05) is 24.0 Å². The van der Waals surface area contributed by atoms with Crippen molar-refractivity contribution in [3.63, 3.8) is 0 Å². The van der Waals surface area contributed by atoms with Crippen LogP contribution in [-0.4, -0.2) is 34.4 Å². The number of nitrogens with one attached hydrogen (secondary N) is 1. The van der Waals surface area contributed by atoms with Crippen molar-refractivity contribution in [2.75, 3.05) is 11.9 Å². The van der Waals surface area contributed by atoms with E-state index in [9.17, 15) is 4.79 Å². The highest BCUT2D eigenvalue weighted by atomic mass is 16.2. The molecule has 1 fully saturated rings. The summed E-state index contributed by atoms with van der Waals surface area (Å²) in [4.78, 5) is 18.6. The molecule has 0 radical (unpaired) electrons. The van der Waals surface area contributed by atoms with Crippen molar-refractivity contribution in [3.8, 4) is 6.07 Å². The summed E-state index contributed by atoms with van der Waals surface area (Å²) in [5.41, 5.74) is 1.55. The Balaban J connectivity index is 2.00. The van der Waals surface area contributed by atoms with Gasteiger partial charge in [-0.3, -0.25) is 9.78 Å². The fourth-order valence-electron chi connectivity index (χ4n) is 2.73. The highest BCUT2D eigenvalue weighted by Crippen LogP contribution is 2.18. The smallest absolute Gasteiger partial charge is 0.245 e. The second kappa shape index (κ2) is 7.07. The van der Waals surface area contributed by atoms with Gasteiger partial charge in [-0.25, -0.2) is 0 Å². The molecule has 5 heteroatoms. The standard InChI is InChI=1S/C16H22N4O/c1-12-5-3-4-10-20(12)16(21)13(2)19-15-7-9-18-14(11-15)6-8-17/h7,9,11-13H,3-6,10H2,1-2H3,(H,18,19)/t12-,13+/m0/s1. The number of amides is 1. The lowest BCUT2D eigenvalue weighted by Gasteiger charge is -2.35. The second-order valence-electron chi connectivity index (χ2n) is 5.61. The molecular weight excluding hydrogens is 264 g/mol. The second-order valence-corrected chi connectivity index (χ2v) is 5.61. The minimum Gasteiger partial charge on any atom is -0.374 e. The van der Waals surface area contributed by atoms with E-state index in [0.717, 1.165) is 25.1 Å². The van der Waals surface area contributed by atoms with Crippen LogP contribution in [0, 0.1) is 11.3 Å². The van der Waals surface area contributed by atoms with Gasteiger partial charge in [-0.2, -0.15) is 5.26 Å². The Labute approximate surface area is 126 Å². The summed E-state index contributed by atoms with van der Waals surface area (Å²) in [5, 5.41) is 11.9. The van der Waals surface area contributed by atoms with E-state index in [-0.39, 0.29) is 18.4 Å². The van der Waals surface area contributed by atoms with E-state index in [1.165, 1.54) is 6.42 Å². The number of hydrogen-bond acceptors (Lipinski definition) is 4. The predicted octanol–water partition coefficient (Wildman–Crippen LogP) is 2.35. The van der Waals surface area contributed by atoms with Crippen LogP contribution >= 0.6 is 0 Å². The van der Waals surface area contributed by atoms with Gasteiger partial charge in [-0.15, -0.1) is 0 Å². The third-order valence-electron chi connectivity index (χ3n) is 3.92. The highest BCUT2D eigenvalue weighted by molar-refractivity contribution is 5.84. The quantitative estimate of drug-likeness (QED) is 0.922. The molecule has 2 atom stereocenters. The van der Waals surface area contributed by atoms with Gasteiger partial charge in [0.1, 0.15) is 6.04 Å². The normalized spacial score (nSPS) is 19.7. The maximum Gasteiger partial charge on any atom is 0.245 e. The van der Waals surface area contributed by atoms with Gasteiger partial charge < -0.3 is 10.2 Å². The molecule has 0 aromatic carbocycles. The molecule has 1 aliphatic rings. The monoisotopic (exact) mass is 286 g/mol. The van der Waals surface area contributed by atoms with Crippen molar-refractivity contribution in [2.45, 2.75) is 51.6 Å². The molecule has 5 nitrogen and oxygen atoms in total. The Bertz CT molecular complexity index is 537. The molecule has 0 saturated carbocycles. The number of pyridine rings is 1. The summed E-state index contributed by atoms with van der Waals surface area (Å²) < 4.78 is 0. The lowest BCUT2D eigenvalue weighted by Crippen LogP contribution is -2.48. The average molecular weight is 286 g/mol. The van der Waals surface area contributed by atoms with Crippen LogP contribution in [-0.2, 0) is 11.2 Å². The summed E-state index contributed by atoms with van der Waals surface area (Å²) >= 11 is 0. The molecule has 2 heterocycles. The van der Waals surface area contributed by atoms with Crippen molar-refractivity contribution in [3.05, 3.63) is 24.0 Å². The van der Waals surface area contributed by atoms with Crippen molar-refractivity contribution < 1.29 is 4.79 Å². The fraction of sp³-hybridized carbons (Fsp3) is 0.562. The summed E-state index contributed by atoms with van der Waals surface area (Å²) in [6.45, 7) is 4.84. The van der Waals surface area contributed by atoms with E-state index in [1.54, 1.807) is 6.20 Å². The predicted molar refractivity (Wildman–Crippen MR) is 81.7 cm³/mol. The molecular formula is C16H22N4O. The van der Waals surface area contributed by atoms with E-state index >= 15 is 0 Å². The van der Waals surface area contributed by atoms with Gasteiger partial charge in [0, 0.05) is 24.5 Å². The van der Waals surface area contributed by atoms with Crippen molar-refractivity contribution >= 4 is 11.6 Å². The number of carbonyl (C=O) groups excluding carboxylic acids is 1. The molecule has 1 aliphatic heterocycles. The molecule has 21 heavy (non-hydrogen) atoms. The summed E-state index contributed by atoms with van der Waals surface area (Å²) in [7, 11) is 0. The van der Waals surface area contributed by atoms with Crippen LogP contribution in [0.15, 0.2) is 18.3 Å². The Morgan fingerprint density at radius 1 is 1.62 bits per heavy atom. The Morgan fingerprint density at radius 3 is 3.14 bits per heavy atom. The van der Waals surface area contributed by atoms with Crippen molar-refractivity contribution in [1.29, 1.82) is 5.26 Å². The third kappa shape index (κ3) is 3.94. The average Bonchev–Trinajstić information content (AvgIpc) is 2.48. The molecule has 2 rings (SSSR count). The Kier molecular flexibility index (Phi) is 5.15. The number of anilines is 1. The molecule has 1 N–H and O–H groups in total. The van der Waals surface area contributed by atoms with Crippen LogP contribution in [0.1, 0.15) is 38.8 Å². The van der Waals surface area contributed by atoms with Gasteiger partial charge >= 0.3 is 0 Å². The fourth-order valence-corrected chi connectivity index (χ4v) is 2.73. The molecule has 1 aromatic heterocycles. The van der Waals surface area contributed by atoms with Crippen molar-refractivity contribution in [1.82, 2.24) is 9.88 Å². The minimum atomic E-state index is -0.275. The number of rotatable bonds is 4. The zero-order valence-electron chi connectivity index (χ0n) is 12.7. The molecule has 1 aromatic rings. The summed E-state index contributed by atoms with van der Waals surface area (Å²) in [5.74, 6) is 0.140. The Morgan fingerprint density at radius 2 is 2.43 bits per heavy atom. The molecule has 1 saturated heterocycles. The number of carbonyl (C=O) groups is 1. The number of hydrogen-bond donors (Lipinski definition) is 1. The molecule has 0 aliphatic carbocycles. The van der Waals surface area contributed by atoms with Gasteiger partial charge in [-0.1, -0.05) is 0 Å². The van der Waals surface area contributed by atoms with Gasteiger partial charge in [-0.05, 0) is 45.2 Å². The van der Waals surface area contributed by atoms with Crippen LogP contribution in [0.2, 0.25) is 0 Å². The topological polar surface area (TPSA) is 69.0 Å². The zero-order valence-corrected chi connectivity index (χ0v) is 12.7. The van der Waals surface area contributed by atoms with Crippen LogP contribution < -0.4 is 5.32 Å². The van der Waals surface area contributed by atoms with Gasteiger partial charge in [0.2, 0.25) is 5.91 Å². The summed E-state index contributed by atoms with van der Waals surface area (Å²) in [6.07, 6.45) is 5.32. The van der Waals surface area contributed by atoms with E-state index in [0.29, 0.717) is 11.7 Å². The third-order valence-corrected chi connectivity index (χ3v) is 3.92. The molecule has 0 bridgehead atoms. The van der Waals surface area contributed by atoms with E-state index in [4.69, 9.17) is 5.26 Å². The van der Waals surface area contributed by atoms with E-state index in [2.05, 4.69) is 23.3 Å². The number of likely N-dealkylation sites (tertiary alicyclic amines) is 1. The number of nitriles is 1. The number of piperidine rings is 1. The minimum absolute atomic E-state index is 0.140. The van der Waals surface area contributed by atoms with Gasteiger partial charge in [0.05, 0.1) is 18.2 Å². The highest BCUT2D eigenvalue weighted by Gasteiger charge is 2.26. The first-order chi connectivity index (χ1) is 10.1. The summed E-state index contributed by atoms with van der Waals surface area (Å²) in [6, 6.07) is 5.78. The first-order valence-corrected chi connectivity index (χ1v) is 7.50. The largest absolute Gasteiger partial charge is 0.374 e. The van der Waals surface area contributed by atoms with Crippen molar-refractivity contribution in [2.24, 2.45) is 0 Å². The first kappa shape index (κ1) is 15.3. The zero-order chi connectivity index (χ0) is 15.2. The molecule has 0 spiro atoms. The van der Waals surface area contributed by atoms with Gasteiger partial charge in [0.15, 0.2) is 0 Å². The molecule has 1 amide bonds. The Hall–Kier alpha value is -2.09. The maximum atomic E-state index is 12.5. The molecule has 0 unspecified atom stereocenters. The molecule has 112 valence electrons. The number of aromatic nitrogens is 1. The van der Waals surface area contributed by atoms with E-state index < -0.39 is 0 Å². The number of nitrogens with zero attached hydrogens (tertiary/aromatic N) is 3. The van der Waals surface area contributed by atoms with Crippen LogP contribution in [0.3, 0.4) is 0 Å². The lowest BCUT2D eigenvalue weighted by atomic mass is 10.0. The van der Waals surface area contributed by atoms with Crippen LogP contribution in [0.4, 0.5) is 5.69 Å². The van der Waals surface area contributed by atoms with Crippen LogP contribution in [0.5, 0.6) is 0 Å². The SMILES string of the molecule is C[C@@H](Nc1ccnc(CC#N)c1)C(=O)N1CCCC[C@@H]1C. The maximum absolute atomic E-state index is 12.5. The van der Waals surface area contributed by atoms with Crippen LogP contribution in [0.25, 0.3) is 0 Å². The lowest BCUT2D eigenvalue weighted by molar-refractivity contribution is -0.134.